The SMILES string of the molecule is Cc1cc(C)nc(SCc2ccc(C(=N)N)cc2C)c1. The lowest BCUT2D eigenvalue weighted by Gasteiger charge is -2.08. The lowest BCUT2D eigenvalue weighted by Crippen LogP contribution is -2.11. The molecule has 0 bridgehead atoms. The third kappa shape index (κ3) is 3.61. The van der Waals surface area contributed by atoms with Gasteiger partial charge in [0.25, 0.3) is 0 Å². The van der Waals surface area contributed by atoms with Gasteiger partial charge in [-0.15, -0.1) is 11.8 Å². The molecule has 2 rings (SSSR count). The maximum absolute atomic E-state index is 7.45. The minimum atomic E-state index is 0.114. The third-order valence-electron chi connectivity index (χ3n) is 3.10. The number of benzene rings is 1. The van der Waals surface area contributed by atoms with Crippen molar-refractivity contribution in [2.45, 2.75) is 31.6 Å². The van der Waals surface area contributed by atoms with Crippen molar-refractivity contribution < 1.29 is 0 Å². The van der Waals surface area contributed by atoms with Gasteiger partial charge in [0.15, 0.2) is 0 Å². The van der Waals surface area contributed by atoms with Crippen LogP contribution in [-0.2, 0) is 5.75 Å². The van der Waals surface area contributed by atoms with Crippen LogP contribution in [-0.4, -0.2) is 10.8 Å². The van der Waals surface area contributed by atoms with Crippen molar-refractivity contribution in [2.24, 2.45) is 5.73 Å². The van der Waals surface area contributed by atoms with Gasteiger partial charge in [-0.2, -0.15) is 0 Å². The zero-order chi connectivity index (χ0) is 14.7. The van der Waals surface area contributed by atoms with E-state index in [1.54, 1.807) is 11.8 Å². The molecule has 1 aromatic carbocycles. The van der Waals surface area contributed by atoms with Crippen LogP contribution in [0.3, 0.4) is 0 Å². The summed E-state index contributed by atoms with van der Waals surface area (Å²) in [6.07, 6.45) is 0. The van der Waals surface area contributed by atoms with Gasteiger partial charge < -0.3 is 5.73 Å². The number of nitrogens with zero attached hydrogens (tertiary/aromatic N) is 1. The fraction of sp³-hybridized carbons (Fsp3) is 0.250. The molecule has 0 radical (unpaired) electrons. The lowest BCUT2D eigenvalue weighted by molar-refractivity contribution is 1.05. The Morgan fingerprint density at radius 3 is 2.55 bits per heavy atom. The number of thioether (sulfide) groups is 1. The Labute approximate surface area is 124 Å². The molecule has 0 aliphatic heterocycles. The zero-order valence-corrected chi connectivity index (χ0v) is 12.8. The van der Waals surface area contributed by atoms with E-state index in [1.807, 2.05) is 25.1 Å². The molecule has 3 nitrogen and oxygen atoms in total. The van der Waals surface area contributed by atoms with Gasteiger partial charge in [0.1, 0.15) is 5.84 Å². The van der Waals surface area contributed by atoms with Gasteiger partial charge in [-0.05, 0) is 55.7 Å². The molecule has 0 spiro atoms. The molecule has 1 aromatic heterocycles. The molecule has 3 N–H and O–H groups in total. The van der Waals surface area contributed by atoms with E-state index in [2.05, 4.69) is 31.0 Å². The first-order valence-electron chi connectivity index (χ1n) is 6.47. The summed E-state index contributed by atoms with van der Waals surface area (Å²) in [5.74, 6) is 0.989. The van der Waals surface area contributed by atoms with Crippen molar-refractivity contribution in [3.63, 3.8) is 0 Å². The van der Waals surface area contributed by atoms with E-state index in [0.717, 1.165) is 27.6 Å². The molecular formula is C16H19N3S. The van der Waals surface area contributed by atoms with Crippen LogP contribution in [0.1, 0.15) is 27.9 Å². The van der Waals surface area contributed by atoms with Gasteiger partial charge in [0, 0.05) is 17.0 Å². The van der Waals surface area contributed by atoms with E-state index in [0.29, 0.717) is 0 Å². The summed E-state index contributed by atoms with van der Waals surface area (Å²) in [7, 11) is 0. The molecule has 0 fully saturated rings. The average molecular weight is 285 g/mol. The Bertz CT molecular complexity index is 630. The minimum absolute atomic E-state index is 0.114. The molecule has 20 heavy (non-hydrogen) atoms. The summed E-state index contributed by atoms with van der Waals surface area (Å²) in [5.41, 5.74) is 11.0. The number of nitrogen functional groups attached to an aromatic ring is 1. The Kier molecular flexibility index (Phi) is 4.45. The highest BCUT2D eigenvalue weighted by molar-refractivity contribution is 7.98. The van der Waals surface area contributed by atoms with Crippen LogP contribution < -0.4 is 5.73 Å². The van der Waals surface area contributed by atoms with E-state index in [4.69, 9.17) is 11.1 Å². The van der Waals surface area contributed by atoms with Crippen molar-refractivity contribution in [2.75, 3.05) is 0 Å². The van der Waals surface area contributed by atoms with E-state index >= 15 is 0 Å². The van der Waals surface area contributed by atoms with Crippen molar-refractivity contribution in [1.82, 2.24) is 4.98 Å². The number of hydrogen-bond acceptors (Lipinski definition) is 3. The number of pyridine rings is 1. The summed E-state index contributed by atoms with van der Waals surface area (Å²) in [5, 5.41) is 8.50. The zero-order valence-electron chi connectivity index (χ0n) is 12.0. The molecule has 0 saturated heterocycles. The fourth-order valence-corrected chi connectivity index (χ4v) is 3.16. The largest absolute Gasteiger partial charge is 0.384 e. The Balaban J connectivity index is 2.12. The van der Waals surface area contributed by atoms with Crippen molar-refractivity contribution in [1.29, 1.82) is 5.41 Å². The number of amidine groups is 1. The van der Waals surface area contributed by atoms with Gasteiger partial charge in [-0.3, -0.25) is 5.41 Å². The number of nitrogens with one attached hydrogen (secondary N) is 1. The van der Waals surface area contributed by atoms with Crippen molar-refractivity contribution in [3.05, 3.63) is 58.3 Å². The molecule has 0 atom stereocenters. The van der Waals surface area contributed by atoms with E-state index in [-0.39, 0.29) is 5.84 Å². The van der Waals surface area contributed by atoms with Gasteiger partial charge in [-0.25, -0.2) is 4.98 Å². The average Bonchev–Trinajstić information content (AvgIpc) is 2.36. The quantitative estimate of drug-likeness (QED) is 0.512. The van der Waals surface area contributed by atoms with E-state index in [1.165, 1.54) is 11.1 Å². The Morgan fingerprint density at radius 1 is 1.20 bits per heavy atom. The van der Waals surface area contributed by atoms with Gasteiger partial charge in [0.2, 0.25) is 0 Å². The second-order valence-electron chi connectivity index (χ2n) is 4.97. The van der Waals surface area contributed by atoms with Crippen LogP contribution >= 0.6 is 11.8 Å². The highest BCUT2D eigenvalue weighted by Gasteiger charge is 2.04. The molecule has 2 aromatic rings. The molecular weight excluding hydrogens is 266 g/mol. The summed E-state index contributed by atoms with van der Waals surface area (Å²) in [6.45, 7) is 6.16. The maximum Gasteiger partial charge on any atom is 0.122 e. The first kappa shape index (κ1) is 14.6. The predicted octanol–water partition coefficient (Wildman–Crippen LogP) is 3.58. The smallest absolute Gasteiger partial charge is 0.122 e. The first-order chi connectivity index (χ1) is 9.45. The number of nitrogens with two attached hydrogens (primary N) is 1. The number of hydrogen-bond donors (Lipinski definition) is 2. The maximum atomic E-state index is 7.45. The third-order valence-corrected chi connectivity index (χ3v) is 4.06. The van der Waals surface area contributed by atoms with Gasteiger partial charge >= 0.3 is 0 Å². The molecule has 0 saturated carbocycles. The highest BCUT2D eigenvalue weighted by Crippen LogP contribution is 2.24. The number of aryl methyl sites for hydroxylation is 3. The number of aromatic nitrogens is 1. The summed E-state index contributed by atoms with van der Waals surface area (Å²) < 4.78 is 0. The molecule has 0 unspecified atom stereocenters. The molecule has 0 aliphatic carbocycles. The molecule has 104 valence electrons. The standard InChI is InChI=1S/C16H19N3S/c1-10-6-12(3)19-15(7-10)20-9-14-5-4-13(16(17)18)8-11(14)2/h4-8H,9H2,1-3H3,(H3,17,18). The molecule has 0 amide bonds. The van der Waals surface area contributed by atoms with Crippen LogP contribution in [0.25, 0.3) is 0 Å². The van der Waals surface area contributed by atoms with Crippen molar-refractivity contribution in [3.8, 4) is 0 Å². The normalized spacial score (nSPS) is 10.6. The number of rotatable bonds is 4. The summed E-state index contributed by atoms with van der Waals surface area (Å²) in [6, 6.07) is 10.1. The second-order valence-corrected chi connectivity index (χ2v) is 5.96. The Hall–Kier alpha value is -1.81. The van der Waals surface area contributed by atoms with Crippen LogP contribution in [0, 0.1) is 26.2 Å². The molecule has 0 aliphatic rings. The molecule has 4 heteroatoms. The fourth-order valence-electron chi connectivity index (χ4n) is 2.06. The monoisotopic (exact) mass is 285 g/mol. The Morgan fingerprint density at radius 2 is 1.95 bits per heavy atom. The molecule has 1 heterocycles. The van der Waals surface area contributed by atoms with E-state index in [9.17, 15) is 0 Å². The first-order valence-corrected chi connectivity index (χ1v) is 7.46. The summed E-state index contributed by atoms with van der Waals surface area (Å²) in [4.78, 5) is 4.53. The van der Waals surface area contributed by atoms with Crippen LogP contribution in [0.4, 0.5) is 0 Å². The van der Waals surface area contributed by atoms with Gasteiger partial charge in [-0.1, -0.05) is 12.1 Å². The predicted molar refractivity (Wildman–Crippen MR) is 85.5 cm³/mol. The highest BCUT2D eigenvalue weighted by atomic mass is 32.2. The summed E-state index contributed by atoms with van der Waals surface area (Å²) >= 11 is 1.73. The van der Waals surface area contributed by atoms with Crippen molar-refractivity contribution >= 4 is 17.6 Å². The lowest BCUT2D eigenvalue weighted by atomic mass is 10.1. The second kappa shape index (κ2) is 6.09. The topological polar surface area (TPSA) is 62.8 Å². The van der Waals surface area contributed by atoms with E-state index < -0.39 is 0 Å². The minimum Gasteiger partial charge on any atom is -0.384 e. The van der Waals surface area contributed by atoms with Crippen LogP contribution in [0.5, 0.6) is 0 Å². The van der Waals surface area contributed by atoms with Gasteiger partial charge in [0.05, 0.1) is 5.03 Å². The van der Waals surface area contributed by atoms with Crippen LogP contribution in [0.2, 0.25) is 0 Å². The van der Waals surface area contributed by atoms with Crippen LogP contribution in [0.15, 0.2) is 35.4 Å².